The number of halogens is 1. The van der Waals surface area contributed by atoms with Gasteiger partial charge in [-0.05, 0) is 42.1 Å². The molecule has 0 saturated carbocycles. The first kappa shape index (κ1) is 16.3. The van der Waals surface area contributed by atoms with Gasteiger partial charge in [-0.25, -0.2) is 4.39 Å². The van der Waals surface area contributed by atoms with Crippen LogP contribution in [0, 0.1) is 5.82 Å². The van der Waals surface area contributed by atoms with Gasteiger partial charge >= 0.3 is 0 Å². The van der Waals surface area contributed by atoms with Crippen molar-refractivity contribution in [3.05, 3.63) is 77.6 Å². The summed E-state index contributed by atoms with van der Waals surface area (Å²) < 4.78 is 13.0. The van der Waals surface area contributed by atoms with Crippen molar-refractivity contribution in [1.82, 2.24) is 5.32 Å². The van der Waals surface area contributed by atoms with Crippen molar-refractivity contribution in [2.24, 2.45) is 0 Å². The van der Waals surface area contributed by atoms with Crippen molar-refractivity contribution in [3.63, 3.8) is 0 Å². The van der Waals surface area contributed by atoms with Crippen LogP contribution in [0.15, 0.2) is 60.7 Å². The van der Waals surface area contributed by atoms with E-state index < -0.39 is 0 Å². The highest BCUT2D eigenvalue weighted by Crippen LogP contribution is 2.36. The smallest absolute Gasteiger partial charge is 0.259 e. The molecule has 1 aliphatic heterocycles. The average molecular weight is 348 g/mol. The molecule has 26 heavy (non-hydrogen) atoms. The van der Waals surface area contributed by atoms with Crippen molar-refractivity contribution in [2.75, 3.05) is 11.4 Å². The van der Waals surface area contributed by atoms with Gasteiger partial charge in [0.2, 0.25) is 5.91 Å². The third-order valence-electron chi connectivity index (χ3n) is 4.70. The number of hydrogen-bond donors (Lipinski definition) is 1. The standard InChI is InChI=1S/C21H17FN2O2/c1-13(14-8-10-16(22)11-9-14)23-19(25)12-24-18-7-3-5-15-4-2-6-17(20(15)18)21(24)26/h2-11,13H,12H2,1H3,(H,23,25)/t13-/m1/s1. The van der Waals surface area contributed by atoms with Crippen LogP contribution >= 0.6 is 0 Å². The largest absolute Gasteiger partial charge is 0.348 e. The van der Waals surface area contributed by atoms with Crippen molar-refractivity contribution in [3.8, 4) is 0 Å². The number of benzene rings is 3. The minimum atomic E-state index is -0.319. The van der Waals surface area contributed by atoms with E-state index in [2.05, 4.69) is 5.32 Å². The summed E-state index contributed by atoms with van der Waals surface area (Å²) in [5.41, 5.74) is 2.18. The number of nitrogens with zero attached hydrogens (tertiary/aromatic N) is 1. The highest BCUT2D eigenvalue weighted by molar-refractivity contribution is 6.26. The van der Waals surface area contributed by atoms with E-state index in [0.29, 0.717) is 5.56 Å². The van der Waals surface area contributed by atoms with Crippen LogP contribution in [0.3, 0.4) is 0 Å². The Morgan fingerprint density at radius 3 is 2.50 bits per heavy atom. The maximum atomic E-state index is 13.0. The Labute approximate surface area is 150 Å². The molecule has 0 aromatic heterocycles. The first-order valence-corrected chi connectivity index (χ1v) is 8.43. The van der Waals surface area contributed by atoms with E-state index in [1.807, 2.05) is 37.3 Å². The summed E-state index contributed by atoms with van der Waals surface area (Å²) in [6.45, 7) is 1.77. The molecule has 4 rings (SSSR count). The predicted molar refractivity (Wildman–Crippen MR) is 98.6 cm³/mol. The number of hydrogen-bond acceptors (Lipinski definition) is 2. The molecule has 0 aliphatic carbocycles. The molecule has 0 bridgehead atoms. The Kier molecular flexibility index (Phi) is 3.92. The molecular formula is C21H17FN2O2. The third-order valence-corrected chi connectivity index (χ3v) is 4.70. The van der Waals surface area contributed by atoms with Crippen molar-refractivity contribution in [1.29, 1.82) is 0 Å². The first-order valence-electron chi connectivity index (χ1n) is 8.43. The molecule has 5 heteroatoms. The second kappa shape index (κ2) is 6.26. The van der Waals surface area contributed by atoms with E-state index in [1.54, 1.807) is 18.2 Å². The van der Waals surface area contributed by atoms with Crippen LogP contribution in [-0.2, 0) is 4.79 Å². The fourth-order valence-corrected chi connectivity index (χ4v) is 3.40. The average Bonchev–Trinajstić information content (AvgIpc) is 2.90. The fraction of sp³-hybridized carbons (Fsp3) is 0.143. The molecule has 1 heterocycles. The van der Waals surface area contributed by atoms with Gasteiger partial charge in [-0.3, -0.25) is 14.5 Å². The first-order chi connectivity index (χ1) is 12.5. The minimum Gasteiger partial charge on any atom is -0.348 e. The second-order valence-electron chi connectivity index (χ2n) is 6.41. The molecule has 0 fully saturated rings. The van der Waals surface area contributed by atoms with Crippen LogP contribution < -0.4 is 10.2 Å². The molecule has 1 atom stereocenters. The van der Waals surface area contributed by atoms with Gasteiger partial charge in [0.05, 0.1) is 11.7 Å². The lowest BCUT2D eigenvalue weighted by atomic mass is 10.1. The summed E-state index contributed by atoms with van der Waals surface area (Å²) in [6, 6.07) is 17.0. The predicted octanol–water partition coefficient (Wildman–Crippen LogP) is 3.82. The molecule has 2 amide bonds. The Balaban J connectivity index is 1.53. The molecule has 0 saturated heterocycles. The fourth-order valence-electron chi connectivity index (χ4n) is 3.40. The minimum absolute atomic E-state index is 0.0574. The lowest BCUT2D eigenvalue weighted by molar-refractivity contribution is -0.120. The normalized spacial score (nSPS) is 13.9. The molecule has 3 aromatic rings. The highest BCUT2D eigenvalue weighted by Gasteiger charge is 2.31. The number of nitrogens with one attached hydrogen (secondary N) is 1. The molecule has 0 unspecified atom stereocenters. The maximum Gasteiger partial charge on any atom is 0.259 e. The molecule has 1 aliphatic rings. The summed E-state index contributed by atoms with van der Waals surface area (Å²) in [5, 5.41) is 4.74. The van der Waals surface area contributed by atoms with Gasteiger partial charge in [0.15, 0.2) is 0 Å². The quantitative estimate of drug-likeness (QED) is 0.779. The summed E-state index contributed by atoms with van der Waals surface area (Å²) in [7, 11) is 0. The lowest BCUT2D eigenvalue weighted by Crippen LogP contribution is -2.39. The van der Waals surface area contributed by atoms with Crippen LogP contribution in [0.4, 0.5) is 10.1 Å². The molecule has 1 N–H and O–H groups in total. The summed E-state index contributed by atoms with van der Waals surface area (Å²) >= 11 is 0. The molecule has 130 valence electrons. The van der Waals surface area contributed by atoms with Crippen LogP contribution in [0.1, 0.15) is 28.9 Å². The van der Waals surface area contributed by atoms with Gasteiger partial charge in [0.25, 0.3) is 5.91 Å². The van der Waals surface area contributed by atoms with Gasteiger partial charge in [-0.15, -0.1) is 0 Å². The van der Waals surface area contributed by atoms with E-state index in [9.17, 15) is 14.0 Å². The van der Waals surface area contributed by atoms with E-state index in [-0.39, 0.29) is 30.2 Å². The zero-order valence-electron chi connectivity index (χ0n) is 14.2. The van der Waals surface area contributed by atoms with Gasteiger partial charge in [-0.2, -0.15) is 0 Å². The SMILES string of the molecule is C[C@@H](NC(=O)CN1C(=O)c2cccc3cccc1c23)c1ccc(F)cc1. The van der Waals surface area contributed by atoms with Crippen molar-refractivity contribution < 1.29 is 14.0 Å². The highest BCUT2D eigenvalue weighted by atomic mass is 19.1. The number of anilines is 1. The van der Waals surface area contributed by atoms with E-state index in [4.69, 9.17) is 0 Å². The summed E-state index contributed by atoms with van der Waals surface area (Å²) in [6.07, 6.45) is 0. The number of rotatable bonds is 4. The zero-order chi connectivity index (χ0) is 18.3. The number of carbonyl (C=O) groups is 2. The number of amides is 2. The number of carbonyl (C=O) groups excluding carboxylic acids is 2. The van der Waals surface area contributed by atoms with Gasteiger partial charge < -0.3 is 5.32 Å². The maximum absolute atomic E-state index is 13.0. The molecular weight excluding hydrogens is 331 g/mol. The van der Waals surface area contributed by atoms with Crippen LogP contribution in [0.25, 0.3) is 10.8 Å². The lowest BCUT2D eigenvalue weighted by Gasteiger charge is -2.20. The molecule has 0 radical (unpaired) electrons. The molecule has 0 spiro atoms. The summed E-state index contributed by atoms with van der Waals surface area (Å²) in [5.74, 6) is -0.748. The Morgan fingerprint density at radius 1 is 1.08 bits per heavy atom. The molecule has 4 nitrogen and oxygen atoms in total. The van der Waals surface area contributed by atoms with Gasteiger partial charge in [0.1, 0.15) is 12.4 Å². The monoisotopic (exact) mass is 348 g/mol. The Bertz CT molecular complexity index is 1010. The van der Waals surface area contributed by atoms with Crippen LogP contribution in [-0.4, -0.2) is 18.4 Å². The molecule has 3 aromatic carbocycles. The second-order valence-corrected chi connectivity index (χ2v) is 6.41. The third kappa shape index (κ3) is 2.71. The summed E-state index contributed by atoms with van der Waals surface area (Å²) in [4.78, 5) is 26.7. The Morgan fingerprint density at radius 2 is 1.77 bits per heavy atom. The van der Waals surface area contributed by atoms with E-state index in [0.717, 1.165) is 22.0 Å². The topological polar surface area (TPSA) is 49.4 Å². The van der Waals surface area contributed by atoms with Gasteiger partial charge in [-0.1, -0.05) is 36.4 Å². The van der Waals surface area contributed by atoms with E-state index in [1.165, 1.54) is 17.0 Å². The zero-order valence-corrected chi connectivity index (χ0v) is 14.2. The van der Waals surface area contributed by atoms with Crippen molar-refractivity contribution in [2.45, 2.75) is 13.0 Å². The Hall–Kier alpha value is -3.21. The van der Waals surface area contributed by atoms with Crippen LogP contribution in [0.2, 0.25) is 0 Å². The van der Waals surface area contributed by atoms with Gasteiger partial charge in [0, 0.05) is 10.9 Å². The van der Waals surface area contributed by atoms with Crippen molar-refractivity contribution >= 4 is 28.3 Å². The van der Waals surface area contributed by atoms with Crippen LogP contribution in [0.5, 0.6) is 0 Å². The van der Waals surface area contributed by atoms with E-state index >= 15 is 0 Å².